The number of piperidine rings is 1. The second-order valence-electron chi connectivity index (χ2n) is 6.32. The number of rotatable bonds is 4. The number of guanidine groups is 1. The van der Waals surface area contributed by atoms with Gasteiger partial charge in [-0.25, -0.2) is 0 Å². The minimum absolute atomic E-state index is 0. The van der Waals surface area contributed by atoms with Gasteiger partial charge in [-0.1, -0.05) is 6.42 Å². The van der Waals surface area contributed by atoms with Crippen molar-refractivity contribution in [1.82, 2.24) is 15.1 Å². The molecule has 4 nitrogen and oxygen atoms in total. The first-order valence-electron chi connectivity index (χ1n) is 8.51. The van der Waals surface area contributed by atoms with Crippen LogP contribution in [0.5, 0.6) is 0 Å². The molecule has 0 bridgehead atoms. The zero-order valence-corrected chi connectivity index (χ0v) is 16.3. The Morgan fingerprint density at radius 2 is 1.86 bits per heavy atom. The molecule has 2 aliphatic heterocycles. The van der Waals surface area contributed by atoms with Crippen LogP contribution in [0.25, 0.3) is 0 Å². The van der Waals surface area contributed by atoms with Gasteiger partial charge in [0.25, 0.3) is 0 Å². The van der Waals surface area contributed by atoms with Crippen molar-refractivity contribution in [1.29, 1.82) is 0 Å². The predicted molar refractivity (Wildman–Crippen MR) is 102 cm³/mol. The number of hydrogen-bond acceptors (Lipinski definition) is 2. The molecule has 1 N–H and O–H groups in total. The van der Waals surface area contributed by atoms with E-state index in [9.17, 15) is 0 Å². The van der Waals surface area contributed by atoms with Crippen LogP contribution in [0.15, 0.2) is 4.99 Å². The predicted octanol–water partition coefficient (Wildman–Crippen LogP) is 2.93. The zero-order chi connectivity index (χ0) is 14.4. The molecule has 0 aromatic heterocycles. The topological polar surface area (TPSA) is 30.9 Å². The molecule has 2 fully saturated rings. The highest BCUT2D eigenvalue weighted by Crippen LogP contribution is 2.19. The van der Waals surface area contributed by atoms with Gasteiger partial charge in [0.2, 0.25) is 0 Å². The van der Waals surface area contributed by atoms with Gasteiger partial charge in [-0.05, 0) is 53.0 Å². The van der Waals surface area contributed by atoms with Crippen molar-refractivity contribution < 1.29 is 0 Å². The van der Waals surface area contributed by atoms with E-state index < -0.39 is 0 Å². The van der Waals surface area contributed by atoms with E-state index in [1.165, 1.54) is 51.7 Å². The fraction of sp³-hybridized carbons (Fsp3) is 0.938. The molecule has 0 amide bonds. The first kappa shape index (κ1) is 19.0. The van der Waals surface area contributed by atoms with Gasteiger partial charge in [0, 0.05) is 31.7 Å². The van der Waals surface area contributed by atoms with E-state index in [2.05, 4.69) is 35.9 Å². The van der Waals surface area contributed by atoms with Crippen LogP contribution < -0.4 is 5.32 Å². The lowest BCUT2D eigenvalue weighted by Gasteiger charge is -2.37. The first-order valence-corrected chi connectivity index (χ1v) is 8.51. The third-order valence-corrected chi connectivity index (χ3v) is 4.67. The van der Waals surface area contributed by atoms with Crippen molar-refractivity contribution in [2.24, 2.45) is 4.99 Å². The summed E-state index contributed by atoms with van der Waals surface area (Å²) in [6.07, 6.45) is 6.71. The summed E-state index contributed by atoms with van der Waals surface area (Å²) in [7, 11) is 0. The first-order chi connectivity index (χ1) is 9.72. The molecule has 2 heterocycles. The largest absolute Gasteiger partial charge is 0.357 e. The van der Waals surface area contributed by atoms with E-state index in [1.807, 2.05) is 0 Å². The summed E-state index contributed by atoms with van der Waals surface area (Å²) >= 11 is 0. The maximum atomic E-state index is 4.89. The summed E-state index contributed by atoms with van der Waals surface area (Å²) in [6.45, 7) is 12.3. The average molecular weight is 408 g/mol. The molecular formula is C16H33IN4. The van der Waals surface area contributed by atoms with Crippen LogP contribution in [0.2, 0.25) is 0 Å². The summed E-state index contributed by atoms with van der Waals surface area (Å²) in [5.74, 6) is 1.13. The van der Waals surface area contributed by atoms with E-state index >= 15 is 0 Å². The summed E-state index contributed by atoms with van der Waals surface area (Å²) in [5, 5.41) is 3.45. The van der Waals surface area contributed by atoms with Crippen LogP contribution in [0.3, 0.4) is 0 Å². The van der Waals surface area contributed by atoms with E-state index in [1.54, 1.807) is 0 Å². The van der Waals surface area contributed by atoms with Crippen LogP contribution >= 0.6 is 24.0 Å². The Balaban J connectivity index is 0.00000220. The molecular weight excluding hydrogens is 375 g/mol. The van der Waals surface area contributed by atoms with Crippen LogP contribution in [0, 0.1) is 0 Å². The smallest absolute Gasteiger partial charge is 0.193 e. The molecule has 2 atom stereocenters. The number of halogens is 1. The Bertz CT molecular complexity index is 315. The molecule has 0 aliphatic carbocycles. The Labute approximate surface area is 147 Å². The molecule has 2 aliphatic rings. The number of aliphatic imine (C=N–C) groups is 1. The molecule has 2 saturated heterocycles. The molecule has 2 rings (SSSR count). The van der Waals surface area contributed by atoms with Crippen molar-refractivity contribution in [3.05, 3.63) is 0 Å². The number of nitrogens with zero attached hydrogens (tertiary/aromatic N) is 3. The van der Waals surface area contributed by atoms with Gasteiger partial charge in [-0.3, -0.25) is 9.89 Å². The number of hydrogen-bond donors (Lipinski definition) is 1. The summed E-state index contributed by atoms with van der Waals surface area (Å²) in [5.41, 5.74) is 0. The number of nitrogens with one attached hydrogen (secondary N) is 1. The van der Waals surface area contributed by atoms with Gasteiger partial charge in [0.05, 0.1) is 6.54 Å². The Hall–Kier alpha value is -0.0400. The Morgan fingerprint density at radius 1 is 1.19 bits per heavy atom. The van der Waals surface area contributed by atoms with Crippen LogP contribution in [-0.2, 0) is 0 Å². The van der Waals surface area contributed by atoms with E-state index in [0.717, 1.165) is 25.1 Å². The Morgan fingerprint density at radius 3 is 2.48 bits per heavy atom. The molecule has 0 radical (unpaired) electrons. The normalized spacial score (nSPS) is 25.6. The van der Waals surface area contributed by atoms with Crippen LogP contribution in [0.1, 0.15) is 52.9 Å². The molecule has 124 valence electrons. The van der Waals surface area contributed by atoms with Crippen molar-refractivity contribution >= 4 is 29.9 Å². The van der Waals surface area contributed by atoms with Crippen molar-refractivity contribution in [2.75, 3.05) is 32.7 Å². The Kier molecular flexibility index (Phi) is 8.94. The van der Waals surface area contributed by atoms with Crippen molar-refractivity contribution in [2.45, 2.75) is 65.0 Å². The summed E-state index contributed by atoms with van der Waals surface area (Å²) in [4.78, 5) is 9.95. The van der Waals surface area contributed by atoms with Gasteiger partial charge in [0.15, 0.2) is 5.96 Å². The summed E-state index contributed by atoms with van der Waals surface area (Å²) < 4.78 is 0. The molecule has 0 saturated carbocycles. The highest BCUT2D eigenvalue weighted by molar-refractivity contribution is 14.0. The van der Waals surface area contributed by atoms with Gasteiger partial charge in [-0.15, -0.1) is 24.0 Å². The van der Waals surface area contributed by atoms with Crippen LogP contribution in [-0.4, -0.2) is 60.6 Å². The van der Waals surface area contributed by atoms with Crippen molar-refractivity contribution in [3.63, 3.8) is 0 Å². The average Bonchev–Trinajstić information content (AvgIpc) is 2.97. The van der Waals surface area contributed by atoms with Crippen molar-refractivity contribution in [3.8, 4) is 0 Å². The second-order valence-corrected chi connectivity index (χ2v) is 6.32. The molecule has 2 unspecified atom stereocenters. The third kappa shape index (κ3) is 5.58. The van der Waals surface area contributed by atoms with Gasteiger partial charge in [0.1, 0.15) is 0 Å². The van der Waals surface area contributed by atoms with E-state index in [0.29, 0.717) is 6.04 Å². The summed E-state index contributed by atoms with van der Waals surface area (Å²) in [6, 6.07) is 1.28. The van der Waals surface area contributed by atoms with Crippen LogP contribution in [0.4, 0.5) is 0 Å². The fourth-order valence-corrected chi connectivity index (χ4v) is 3.45. The van der Waals surface area contributed by atoms with E-state index in [4.69, 9.17) is 4.99 Å². The quantitative estimate of drug-likeness (QED) is 0.441. The minimum atomic E-state index is 0. The maximum Gasteiger partial charge on any atom is 0.193 e. The fourth-order valence-electron chi connectivity index (χ4n) is 3.45. The molecule has 0 spiro atoms. The van der Waals surface area contributed by atoms with Gasteiger partial charge >= 0.3 is 0 Å². The lowest BCUT2D eigenvalue weighted by atomic mass is 10.0. The monoisotopic (exact) mass is 408 g/mol. The molecule has 21 heavy (non-hydrogen) atoms. The number of likely N-dealkylation sites (tertiary alicyclic amines) is 2. The maximum absolute atomic E-state index is 4.89. The van der Waals surface area contributed by atoms with Gasteiger partial charge in [-0.2, -0.15) is 0 Å². The highest BCUT2D eigenvalue weighted by Gasteiger charge is 2.23. The lowest BCUT2D eigenvalue weighted by Crippen LogP contribution is -2.46. The third-order valence-electron chi connectivity index (χ3n) is 4.67. The second kappa shape index (κ2) is 9.87. The molecule has 0 aromatic carbocycles. The SMILES string of the molecule is CCNC(=NCC(C)N1CCCCC1C)N1CCCC1.I. The van der Waals surface area contributed by atoms with Gasteiger partial charge < -0.3 is 10.2 Å². The zero-order valence-electron chi connectivity index (χ0n) is 14.0. The standard InChI is InChI=1S/C16H32N4.HI/c1-4-17-16(19-10-7-8-11-19)18-13-15(3)20-12-6-5-9-14(20)2;/h14-15H,4-13H2,1-3H3,(H,17,18);1H. The highest BCUT2D eigenvalue weighted by atomic mass is 127. The minimum Gasteiger partial charge on any atom is -0.357 e. The molecule has 0 aromatic rings. The lowest BCUT2D eigenvalue weighted by molar-refractivity contribution is 0.118. The molecule has 5 heteroatoms. The van der Waals surface area contributed by atoms with E-state index in [-0.39, 0.29) is 24.0 Å².